The predicted octanol–water partition coefficient (Wildman–Crippen LogP) is -0.753. The maximum Gasteiger partial charge on any atom is 0.252 e. The molecule has 26 heavy (non-hydrogen) atoms. The van der Waals surface area contributed by atoms with Crippen LogP contribution in [0.1, 0.15) is 33.0 Å². The van der Waals surface area contributed by atoms with E-state index in [1.165, 1.54) is 6.07 Å². The van der Waals surface area contributed by atoms with Crippen molar-refractivity contribution in [1.82, 2.24) is 25.5 Å². The molecule has 0 radical (unpaired) electrons. The van der Waals surface area contributed by atoms with E-state index >= 15 is 0 Å². The molecule has 0 saturated carbocycles. The molecule has 2 rings (SSSR count). The fourth-order valence-electron chi connectivity index (χ4n) is 3.00. The van der Waals surface area contributed by atoms with Crippen LogP contribution in [0.3, 0.4) is 0 Å². The SMILES string of the molecule is CC(C)(C)CN1CCNC(=O)[C@@H]1CC(=O)NCCc1nc(N)cc(=O)[nH]1. The van der Waals surface area contributed by atoms with Crippen LogP contribution in [0.15, 0.2) is 10.9 Å². The molecule has 1 aliphatic heterocycles. The molecule has 144 valence electrons. The number of nitrogens with zero attached hydrogens (tertiary/aromatic N) is 2. The van der Waals surface area contributed by atoms with Crippen LogP contribution in [0, 0.1) is 5.41 Å². The van der Waals surface area contributed by atoms with E-state index in [4.69, 9.17) is 5.73 Å². The lowest BCUT2D eigenvalue weighted by Crippen LogP contribution is -2.58. The molecule has 0 aromatic carbocycles. The summed E-state index contributed by atoms with van der Waals surface area (Å²) in [5, 5.41) is 5.60. The van der Waals surface area contributed by atoms with E-state index in [-0.39, 0.29) is 35.0 Å². The largest absolute Gasteiger partial charge is 0.383 e. The van der Waals surface area contributed by atoms with E-state index in [0.29, 0.717) is 25.3 Å². The van der Waals surface area contributed by atoms with Gasteiger partial charge in [0.2, 0.25) is 11.8 Å². The van der Waals surface area contributed by atoms with Crippen molar-refractivity contribution in [3.05, 3.63) is 22.2 Å². The van der Waals surface area contributed by atoms with Gasteiger partial charge >= 0.3 is 0 Å². The van der Waals surface area contributed by atoms with Crippen LogP contribution in [0.2, 0.25) is 0 Å². The summed E-state index contributed by atoms with van der Waals surface area (Å²) in [6.45, 7) is 8.70. The standard InChI is InChI=1S/C17H28N6O3/c1-17(2,3)10-23-7-6-20-16(26)11(23)8-14(24)19-5-4-13-21-12(18)9-15(25)22-13/h9,11H,4-8,10H2,1-3H3,(H,19,24)(H,20,26)(H3,18,21,22,25)/t11-/m0/s1. The van der Waals surface area contributed by atoms with Crippen molar-refractivity contribution in [3.63, 3.8) is 0 Å². The second-order valence-corrected chi connectivity index (χ2v) is 7.76. The van der Waals surface area contributed by atoms with E-state index < -0.39 is 6.04 Å². The third-order valence-corrected chi connectivity index (χ3v) is 3.99. The number of amides is 2. The first-order chi connectivity index (χ1) is 12.1. The molecule has 0 aliphatic carbocycles. The lowest BCUT2D eigenvalue weighted by molar-refractivity contribution is -0.134. The van der Waals surface area contributed by atoms with E-state index in [1.54, 1.807) is 0 Å². The van der Waals surface area contributed by atoms with Crippen LogP contribution < -0.4 is 21.9 Å². The van der Waals surface area contributed by atoms with Crippen molar-refractivity contribution in [2.45, 2.75) is 39.7 Å². The number of nitrogens with one attached hydrogen (secondary N) is 3. The number of aromatic amines is 1. The van der Waals surface area contributed by atoms with Crippen LogP contribution in [-0.4, -0.2) is 58.9 Å². The highest BCUT2D eigenvalue weighted by Gasteiger charge is 2.33. The van der Waals surface area contributed by atoms with Crippen molar-refractivity contribution in [3.8, 4) is 0 Å². The number of nitrogen functional groups attached to an aromatic ring is 1. The van der Waals surface area contributed by atoms with Gasteiger partial charge in [0.05, 0.1) is 12.5 Å². The number of anilines is 1. The van der Waals surface area contributed by atoms with Gasteiger partial charge in [-0.1, -0.05) is 20.8 Å². The number of carbonyl (C=O) groups is 2. The van der Waals surface area contributed by atoms with Crippen LogP contribution in [0.25, 0.3) is 0 Å². The van der Waals surface area contributed by atoms with Gasteiger partial charge in [-0.05, 0) is 5.41 Å². The van der Waals surface area contributed by atoms with E-state index in [1.807, 2.05) is 0 Å². The molecule has 2 heterocycles. The van der Waals surface area contributed by atoms with Gasteiger partial charge in [-0.25, -0.2) is 4.98 Å². The summed E-state index contributed by atoms with van der Waals surface area (Å²) >= 11 is 0. The van der Waals surface area contributed by atoms with Gasteiger partial charge in [-0.3, -0.25) is 19.3 Å². The van der Waals surface area contributed by atoms with Gasteiger partial charge in [0.15, 0.2) is 0 Å². The van der Waals surface area contributed by atoms with E-state index in [0.717, 1.165) is 13.1 Å². The molecule has 2 amide bonds. The molecule has 9 nitrogen and oxygen atoms in total. The second-order valence-electron chi connectivity index (χ2n) is 7.76. The Morgan fingerprint density at radius 2 is 2.15 bits per heavy atom. The van der Waals surface area contributed by atoms with E-state index in [2.05, 4.69) is 46.3 Å². The summed E-state index contributed by atoms with van der Waals surface area (Å²) in [6.07, 6.45) is 0.456. The third-order valence-electron chi connectivity index (χ3n) is 3.99. The number of rotatable bonds is 6. The summed E-state index contributed by atoms with van der Waals surface area (Å²) in [7, 11) is 0. The summed E-state index contributed by atoms with van der Waals surface area (Å²) in [6, 6.07) is 0.737. The minimum absolute atomic E-state index is 0.0388. The Kier molecular flexibility index (Phi) is 6.36. The number of piperazine rings is 1. The Labute approximate surface area is 152 Å². The Morgan fingerprint density at radius 3 is 2.81 bits per heavy atom. The molecule has 5 N–H and O–H groups in total. The van der Waals surface area contributed by atoms with Crippen LogP contribution in [0.4, 0.5) is 5.82 Å². The van der Waals surface area contributed by atoms with Crippen molar-refractivity contribution in [2.24, 2.45) is 5.41 Å². The van der Waals surface area contributed by atoms with E-state index in [9.17, 15) is 14.4 Å². The predicted molar refractivity (Wildman–Crippen MR) is 98.4 cm³/mol. The van der Waals surface area contributed by atoms with Gasteiger partial charge < -0.3 is 21.4 Å². The highest BCUT2D eigenvalue weighted by atomic mass is 16.2. The summed E-state index contributed by atoms with van der Waals surface area (Å²) in [5.41, 5.74) is 5.24. The van der Waals surface area contributed by atoms with Crippen molar-refractivity contribution in [1.29, 1.82) is 0 Å². The molecular formula is C17H28N6O3. The van der Waals surface area contributed by atoms with Gasteiger partial charge in [0.1, 0.15) is 11.6 Å². The number of carbonyl (C=O) groups excluding carboxylic acids is 2. The monoisotopic (exact) mass is 364 g/mol. The van der Waals surface area contributed by atoms with Gasteiger partial charge in [-0.2, -0.15) is 0 Å². The Hall–Kier alpha value is -2.42. The Bertz CT molecular complexity index is 709. The lowest BCUT2D eigenvalue weighted by Gasteiger charge is -2.38. The minimum atomic E-state index is -0.465. The number of hydrogen-bond acceptors (Lipinski definition) is 6. The minimum Gasteiger partial charge on any atom is -0.383 e. The van der Waals surface area contributed by atoms with Crippen LogP contribution >= 0.6 is 0 Å². The Balaban J connectivity index is 1.88. The zero-order valence-corrected chi connectivity index (χ0v) is 15.6. The van der Waals surface area contributed by atoms with Gasteiger partial charge in [-0.15, -0.1) is 0 Å². The molecule has 1 aromatic rings. The Morgan fingerprint density at radius 1 is 1.42 bits per heavy atom. The maximum atomic E-state index is 12.3. The average Bonchev–Trinajstić information content (AvgIpc) is 2.48. The zero-order valence-electron chi connectivity index (χ0n) is 15.6. The van der Waals surface area contributed by atoms with Crippen molar-refractivity contribution < 1.29 is 9.59 Å². The third kappa shape index (κ3) is 6.14. The summed E-state index contributed by atoms with van der Waals surface area (Å²) in [4.78, 5) is 44.4. The molecule has 1 fully saturated rings. The maximum absolute atomic E-state index is 12.3. The lowest BCUT2D eigenvalue weighted by atomic mass is 9.94. The number of hydrogen-bond donors (Lipinski definition) is 4. The second kappa shape index (κ2) is 8.31. The summed E-state index contributed by atoms with van der Waals surface area (Å²) in [5.74, 6) is 0.238. The first-order valence-corrected chi connectivity index (χ1v) is 8.78. The molecule has 1 aliphatic rings. The number of H-pyrrole nitrogens is 1. The molecule has 0 unspecified atom stereocenters. The fourth-order valence-corrected chi connectivity index (χ4v) is 3.00. The normalized spacial score (nSPS) is 18.4. The number of nitrogens with two attached hydrogens (primary N) is 1. The molecule has 1 atom stereocenters. The molecule has 9 heteroatoms. The van der Waals surface area contributed by atoms with Gasteiger partial charge in [0, 0.05) is 38.7 Å². The van der Waals surface area contributed by atoms with Gasteiger partial charge in [0.25, 0.3) is 5.56 Å². The van der Waals surface area contributed by atoms with Crippen molar-refractivity contribution >= 4 is 17.6 Å². The fraction of sp³-hybridized carbons (Fsp3) is 0.647. The molecular weight excluding hydrogens is 336 g/mol. The highest BCUT2D eigenvalue weighted by Crippen LogP contribution is 2.19. The molecule has 1 saturated heterocycles. The van der Waals surface area contributed by atoms with Crippen LogP contribution in [-0.2, 0) is 16.0 Å². The molecule has 0 bridgehead atoms. The summed E-state index contributed by atoms with van der Waals surface area (Å²) < 4.78 is 0. The highest BCUT2D eigenvalue weighted by molar-refractivity contribution is 5.88. The average molecular weight is 364 g/mol. The molecule has 1 aromatic heterocycles. The molecule has 0 spiro atoms. The first-order valence-electron chi connectivity index (χ1n) is 8.78. The topological polar surface area (TPSA) is 133 Å². The first kappa shape index (κ1) is 19.9. The van der Waals surface area contributed by atoms with Crippen molar-refractivity contribution in [2.75, 3.05) is 31.9 Å². The zero-order chi connectivity index (χ0) is 19.3. The number of aromatic nitrogens is 2. The quantitative estimate of drug-likeness (QED) is 0.525. The van der Waals surface area contributed by atoms with Crippen LogP contribution in [0.5, 0.6) is 0 Å². The smallest absolute Gasteiger partial charge is 0.252 e.